The van der Waals surface area contributed by atoms with Crippen molar-refractivity contribution in [3.63, 3.8) is 0 Å². The SMILES string of the molecule is COC(=O)N[C@H]1[C@H](C)O[C@H](O[C@H]2C/C=C(\C)[C@@H]3C=C[C@@H]4[C@H](O[C@@H]5C[C@H](O)[C@@H](OC(C)=O)[C@H](C)O5)[C@H](C)C[C@@H](C)[C@H]4[C@]3(C)C(O)=C3C(=O)O[C@@]4(CC(C=O)=C[C@H](O)[C@H]4/C=C/2C)C3=O)C[C@]1(C)[NH+]([O-])O. The monoisotopic (exact) mass is 956 g/mol. The molecule has 1 saturated carbocycles. The van der Waals surface area contributed by atoms with Crippen LogP contribution in [0, 0.1) is 46.1 Å². The first-order valence-corrected chi connectivity index (χ1v) is 23.6. The van der Waals surface area contributed by atoms with Gasteiger partial charge in [-0.15, -0.1) is 0 Å². The largest absolute Gasteiger partial charge is 0.600 e. The minimum absolute atomic E-state index is 0.0205. The number of hydroxylamine groups is 2. The van der Waals surface area contributed by atoms with E-state index in [2.05, 4.69) is 12.2 Å². The minimum atomic E-state index is -2.15. The zero-order chi connectivity index (χ0) is 49.9. The zero-order valence-corrected chi connectivity index (χ0v) is 40.3. The molecule has 6 N–H and O–H groups in total. The second kappa shape index (κ2) is 19.5. The average molecular weight is 957 g/mol. The highest BCUT2D eigenvalue weighted by Crippen LogP contribution is 2.61. The molecule has 19 heteroatoms. The van der Waals surface area contributed by atoms with Gasteiger partial charge in [0.25, 0.3) is 0 Å². The Bertz CT molecular complexity index is 2160. The number of hydrogen-bond acceptors (Lipinski definition) is 17. The first-order valence-electron chi connectivity index (χ1n) is 23.6. The number of aliphatic hydroxyl groups is 3. The molecule has 3 aliphatic heterocycles. The smallest absolute Gasteiger partial charge is 0.407 e. The molecule has 20 atom stereocenters. The fourth-order valence-electron chi connectivity index (χ4n) is 12.7. The number of amides is 1. The average Bonchev–Trinajstić information content (AvgIpc) is 3.50. The summed E-state index contributed by atoms with van der Waals surface area (Å²) in [7, 11) is 1.17. The maximum atomic E-state index is 15.3. The fourth-order valence-corrected chi connectivity index (χ4v) is 12.7. The molecule has 1 spiro atoms. The van der Waals surface area contributed by atoms with E-state index in [9.17, 15) is 44.9 Å². The molecule has 0 aromatic rings. The Labute approximate surface area is 396 Å². The van der Waals surface area contributed by atoms with Crippen LogP contribution in [0.2, 0.25) is 0 Å². The number of aliphatic hydroxyl groups excluding tert-OH is 3. The van der Waals surface area contributed by atoms with E-state index in [0.717, 1.165) is 5.57 Å². The lowest BCUT2D eigenvalue weighted by Crippen LogP contribution is -3.17. The third-order valence-electron chi connectivity index (χ3n) is 16.0. The second-order valence-corrected chi connectivity index (χ2v) is 20.6. The molecule has 3 saturated heterocycles. The van der Waals surface area contributed by atoms with Gasteiger partial charge in [0.05, 0.1) is 56.1 Å². The number of esters is 2. The molecule has 4 aliphatic carbocycles. The van der Waals surface area contributed by atoms with Crippen LogP contribution >= 0.6 is 0 Å². The number of rotatable bonds is 8. The van der Waals surface area contributed by atoms with Crippen molar-refractivity contribution in [3.05, 3.63) is 63.6 Å². The third kappa shape index (κ3) is 9.02. The molecule has 68 heavy (non-hydrogen) atoms. The fraction of sp³-hybridized carbons (Fsp3) is 0.694. The number of carbonyl (C=O) groups is 5. The molecule has 2 bridgehead atoms. The van der Waals surface area contributed by atoms with Crippen LogP contribution in [0.5, 0.6) is 0 Å². The van der Waals surface area contributed by atoms with Gasteiger partial charge in [-0.25, -0.2) is 20.0 Å². The number of nitrogens with one attached hydrogen (secondary N) is 2. The summed E-state index contributed by atoms with van der Waals surface area (Å²) in [5.74, 6) is -6.04. The quantitative estimate of drug-likeness (QED) is 0.0509. The summed E-state index contributed by atoms with van der Waals surface area (Å²) in [5, 5.41) is 60.6. The van der Waals surface area contributed by atoms with E-state index in [1.54, 1.807) is 26.8 Å². The number of aldehydes is 1. The van der Waals surface area contributed by atoms with E-state index >= 15 is 4.79 Å². The van der Waals surface area contributed by atoms with Gasteiger partial charge in [0.1, 0.15) is 23.7 Å². The van der Waals surface area contributed by atoms with Crippen LogP contribution in [0.3, 0.4) is 0 Å². The van der Waals surface area contributed by atoms with Gasteiger partial charge in [0.2, 0.25) is 5.78 Å². The number of quaternary nitrogens is 1. The molecule has 7 aliphatic rings. The van der Waals surface area contributed by atoms with Crippen molar-refractivity contribution in [2.24, 2.45) is 40.9 Å². The van der Waals surface area contributed by atoms with Crippen LogP contribution < -0.4 is 10.5 Å². The highest BCUT2D eigenvalue weighted by molar-refractivity contribution is 6.26. The van der Waals surface area contributed by atoms with Crippen LogP contribution in [-0.2, 0) is 52.3 Å². The van der Waals surface area contributed by atoms with Crippen molar-refractivity contribution in [3.8, 4) is 0 Å². The van der Waals surface area contributed by atoms with Crippen LogP contribution in [0.1, 0.15) is 94.4 Å². The summed E-state index contributed by atoms with van der Waals surface area (Å²) < 4.78 is 42.1. The molecule has 0 aromatic carbocycles. The van der Waals surface area contributed by atoms with Crippen LogP contribution in [0.15, 0.2) is 58.4 Å². The number of carbonyl (C=O) groups excluding carboxylic acids is 5. The van der Waals surface area contributed by atoms with Gasteiger partial charge in [-0.2, -0.15) is 0 Å². The Morgan fingerprint density at radius 2 is 1.65 bits per heavy atom. The highest BCUT2D eigenvalue weighted by Gasteiger charge is 2.64. The van der Waals surface area contributed by atoms with Gasteiger partial charge in [-0.3, -0.25) is 14.4 Å². The van der Waals surface area contributed by atoms with E-state index in [1.165, 1.54) is 27.0 Å². The molecule has 4 fully saturated rings. The summed E-state index contributed by atoms with van der Waals surface area (Å²) in [6.07, 6.45) is 0.177. The number of ketones is 1. The van der Waals surface area contributed by atoms with Gasteiger partial charge in [-0.05, 0) is 82.4 Å². The Hall–Kier alpha value is -4.31. The maximum absolute atomic E-state index is 15.3. The van der Waals surface area contributed by atoms with Crippen molar-refractivity contribution < 1.29 is 82.9 Å². The molecular weight excluding hydrogens is 889 g/mol. The summed E-state index contributed by atoms with van der Waals surface area (Å²) >= 11 is 0. The summed E-state index contributed by atoms with van der Waals surface area (Å²) in [4.78, 5) is 66.2. The summed E-state index contributed by atoms with van der Waals surface area (Å²) in [6, 6.07) is -1.00. The number of allylic oxidation sites excluding steroid dienone is 3. The predicted octanol–water partition coefficient (Wildman–Crippen LogP) is 3.15. The minimum Gasteiger partial charge on any atom is -0.600 e. The predicted molar refractivity (Wildman–Crippen MR) is 238 cm³/mol. The van der Waals surface area contributed by atoms with Crippen molar-refractivity contribution in [2.45, 2.75) is 167 Å². The van der Waals surface area contributed by atoms with E-state index in [1.807, 2.05) is 39.0 Å². The lowest BCUT2D eigenvalue weighted by molar-refractivity contribution is -1.09. The Morgan fingerprint density at radius 1 is 0.956 bits per heavy atom. The molecule has 1 unspecified atom stereocenters. The van der Waals surface area contributed by atoms with Crippen molar-refractivity contribution in [2.75, 3.05) is 7.11 Å². The Balaban J connectivity index is 1.33. The maximum Gasteiger partial charge on any atom is 0.407 e. The Kier molecular flexibility index (Phi) is 14.8. The van der Waals surface area contributed by atoms with Gasteiger partial charge >= 0.3 is 18.0 Å². The molecule has 1 amide bonds. The second-order valence-electron chi connectivity index (χ2n) is 20.6. The number of alkyl carbamates (subject to hydrolysis) is 1. The van der Waals surface area contributed by atoms with Gasteiger partial charge in [0.15, 0.2) is 29.8 Å². The highest BCUT2D eigenvalue weighted by atomic mass is 16.8. The number of hydrogen-bond donors (Lipinski definition) is 6. The summed E-state index contributed by atoms with van der Waals surface area (Å²) in [5.41, 5.74) is -4.45. The van der Waals surface area contributed by atoms with Crippen LogP contribution in [-0.4, -0.2) is 130 Å². The molecule has 0 radical (unpaired) electrons. The molecule has 376 valence electrons. The van der Waals surface area contributed by atoms with E-state index in [-0.39, 0.29) is 43.1 Å². The lowest BCUT2D eigenvalue weighted by Gasteiger charge is -2.56. The normalized spacial score (nSPS) is 45.9. The third-order valence-corrected chi connectivity index (χ3v) is 16.0. The summed E-state index contributed by atoms with van der Waals surface area (Å²) in [6.45, 7) is 15.6. The molecule has 7 rings (SSSR count). The van der Waals surface area contributed by atoms with E-state index in [4.69, 9.17) is 33.2 Å². The number of ether oxygens (including phenoxy) is 7. The first kappa shape index (κ1) is 51.5. The number of Topliss-reactive ketones (excluding diaryl/α,β-unsaturated/α-hetero) is 1. The topological polar surface area (TPSA) is 270 Å². The molecule has 0 aromatic heterocycles. The van der Waals surface area contributed by atoms with Gasteiger partial charge < -0.3 is 59.0 Å². The molecule has 3 heterocycles. The van der Waals surface area contributed by atoms with Crippen molar-refractivity contribution in [1.82, 2.24) is 5.32 Å². The lowest BCUT2D eigenvalue weighted by atomic mass is 9.49. The van der Waals surface area contributed by atoms with Crippen molar-refractivity contribution in [1.29, 1.82) is 0 Å². The number of methoxy groups -OCH3 is 1. The molecular formula is C49H68N2O17. The zero-order valence-electron chi connectivity index (χ0n) is 40.3. The van der Waals surface area contributed by atoms with Crippen molar-refractivity contribution >= 4 is 30.1 Å². The molecule has 19 nitrogen and oxygen atoms in total. The van der Waals surface area contributed by atoms with Crippen LogP contribution in [0.4, 0.5) is 4.79 Å². The Morgan fingerprint density at radius 3 is 2.28 bits per heavy atom. The van der Waals surface area contributed by atoms with E-state index in [0.29, 0.717) is 18.3 Å². The standard InChI is InChI=1S/C49H68N2O17/c1-22-11-14-35(66-37-20-47(8,51(60)61)42(27(6)64-37)50-46(59)62-10)23(2)16-32-33(54)17-29(21-52)19-49(32)44(57)38(45(58)68-49)43(56)48(9)31(22)13-12-30-39(48)24(3)15-25(4)40(30)67-36-18-34(55)41(26(5)63-36)65-28(7)53/h11-13,16-17,21,24-27,30-37,39-42,51,54-56,60H,14-15,18-20H2,1-10H3,(H,50,59)/b22-11+,23-16+,43-38?/t24-,25-,26+,27+,30+,31+,32-,33+,34+,35+,36-,37-,39-,40-,41+,42+,47+,48-,49-/m1/s1. The van der Waals surface area contributed by atoms with Gasteiger partial charge in [-0.1, -0.05) is 50.6 Å². The first-order chi connectivity index (χ1) is 31.9. The number of fused-ring (bicyclic) bond motifs is 4. The van der Waals surface area contributed by atoms with Gasteiger partial charge in [0, 0.05) is 37.0 Å². The van der Waals surface area contributed by atoms with Crippen LogP contribution in [0.25, 0.3) is 0 Å². The van der Waals surface area contributed by atoms with E-state index < -0.39 is 142 Å².